The number of aromatic nitrogens is 2. The van der Waals surface area contributed by atoms with Gasteiger partial charge in [0.15, 0.2) is 61.2 Å². The quantitative estimate of drug-likeness (QED) is 0.0444. The molecule has 0 amide bonds. The predicted molar refractivity (Wildman–Crippen MR) is 152 cm³/mol. The highest BCUT2D eigenvalue weighted by molar-refractivity contribution is 6.53. The molecule has 1 radical (unpaired) electrons. The first kappa shape index (κ1) is 33.4. The Labute approximate surface area is 237 Å². The van der Waals surface area contributed by atoms with Crippen LogP contribution in [-0.4, -0.2) is 7.28 Å². The van der Waals surface area contributed by atoms with E-state index in [4.69, 9.17) is 0 Å². The van der Waals surface area contributed by atoms with Crippen molar-refractivity contribution in [3.05, 3.63) is 78.1 Å². The van der Waals surface area contributed by atoms with E-state index in [1.165, 1.54) is 82.3 Å². The molecule has 0 atom stereocenters. The Morgan fingerprint density at radius 3 is 1.20 bits per heavy atom. The maximum absolute atomic E-state index is 12.8. The molecule has 2 heterocycles. The van der Waals surface area contributed by atoms with Crippen LogP contribution < -0.4 is 14.6 Å². The Hall–Kier alpha value is -2.77. The molecule has 0 aliphatic rings. The average molecular weight is 562 g/mol. The topological polar surface area (TPSA) is 7.76 Å². The van der Waals surface area contributed by atoms with Gasteiger partial charge >= 0.3 is 0 Å². The molecule has 0 saturated carbocycles. The first-order chi connectivity index (χ1) is 19.3. The molecule has 0 aliphatic carbocycles. The van der Waals surface area contributed by atoms with Gasteiger partial charge < -0.3 is 0 Å². The Balaban J connectivity index is 0.000000337. The van der Waals surface area contributed by atoms with Gasteiger partial charge in [-0.1, -0.05) is 65.6 Å². The van der Waals surface area contributed by atoms with Crippen LogP contribution in [0.25, 0.3) is 11.1 Å². The molecule has 0 spiro atoms. The van der Waals surface area contributed by atoms with Crippen molar-refractivity contribution in [3.8, 4) is 11.1 Å². The van der Waals surface area contributed by atoms with Gasteiger partial charge in [0, 0.05) is 37.1 Å². The molecule has 0 aliphatic heterocycles. The number of hydrogen-bond acceptors (Lipinski definition) is 0. The van der Waals surface area contributed by atoms with Gasteiger partial charge in [-0.15, -0.1) is 0 Å². The van der Waals surface area contributed by atoms with E-state index in [1.54, 1.807) is 0 Å². The number of unbranched alkanes of at least 4 members (excludes halogenated alkanes) is 8. The van der Waals surface area contributed by atoms with Gasteiger partial charge in [-0.05, 0) is 29.4 Å². The number of benzene rings is 1. The van der Waals surface area contributed by atoms with Crippen molar-refractivity contribution in [1.29, 1.82) is 0 Å². The Kier molecular flexibility index (Phi) is 15.5. The average Bonchev–Trinajstić information content (AvgIpc) is 2.98. The van der Waals surface area contributed by atoms with Crippen LogP contribution in [0.4, 0.5) is 22.0 Å². The van der Waals surface area contributed by atoms with E-state index in [9.17, 15) is 22.0 Å². The van der Waals surface area contributed by atoms with Crippen molar-refractivity contribution in [2.24, 2.45) is 0 Å². The largest absolute Gasteiger partial charge is 0.205 e. The Morgan fingerprint density at radius 2 is 0.850 bits per heavy atom. The van der Waals surface area contributed by atoms with E-state index in [1.807, 2.05) is 0 Å². The van der Waals surface area contributed by atoms with Gasteiger partial charge in [0.1, 0.15) is 13.1 Å². The maximum Gasteiger partial charge on any atom is 0.200 e. The summed E-state index contributed by atoms with van der Waals surface area (Å²) in [6.07, 6.45) is 22.5. The van der Waals surface area contributed by atoms with E-state index in [2.05, 4.69) is 72.0 Å². The molecule has 1 aromatic carbocycles. The van der Waals surface area contributed by atoms with Crippen LogP contribution in [0.2, 0.25) is 6.32 Å². The minimum Gasteiger partial charge on any atom is -0.205 e. The minimum absolute atomic E-state index is 0.179. The van der Waals surface area contributed by atoms with Crippen molar-refractivity contribution in [3.63, 3.8) is 0 Å². The molecule has 217 valence electrons. The second-order valence-electron chi connectivity index (χ2n) is 10.1. The molecule has 0 unspecified atom stereocenters. The molecule has 0 N–H and O–H groups in total. The first-order valence-electron chi connectivity index (χ1n) is 14.7. The lowest BCUT2D eigenvalue weighted by molar-refractivity contribution is -0.697. The van der Waals surface area contributed by atoms with Gasteiger partial charge in [0.25, 0.3) is 0 Å². The fourth-order valence-electron chi connectivity index (χ4n) is 4.40. The van der Waals surface area contributed by atoms with E-state index >= 15 is 0 Å². The summed E-state index contributed by atoms with van der Waals surface area (Å²) in [7, 11) is 0.941. The van der Waals surface area contributed by atoms with Crippen LogP contribution in [0.3, 0.4) is 0 Å². The SMILES string of the molecule is CCCCCCC[n+]1ccc(-c2cc[n+](CCCCCCC)cc2)cc1.CC[B]c1c(F)c(F)c(F)c(F)c1F. The summed E-state index contributed by atoms with van der Waals surface area (Å²) in [5, 5.41) is 0. The maximum atomic E-state index is 12.8. The number of halogens is 5. The highest BCUT2D eigenvalue weighted by atomic mass is 19.2. The van der Waals surface area contributed by atoms with Crippen molar-refractivity contribution in [2.45, 2.75) is 104 Å². The standard InChI is InChI=1S/C24H38N2.C8H5BF5/c1-3-5-7-9-11-17-25-19-13-23(14-20-25)24-15-21-26(22-16-24)18-12-10-8-6-4-2;1-2-9-3-4(10)6(12)8(14)7(13)5(3)11/h13-16,19-22H,3-12,17-18H2,1-2H3;2H2,1H3/q+2;. The van der Waals surface area contributed by atoms with Crippen LogP contribution >= 0.6 is 0 Å². The lowest BCUT2D eigenvalue weighted by Gasteiger charge is -2.05. The fraction of sp³-hybridized carbons (Fsp3) is 0.500. The van der Waals surface area contributed by atoms with E-state index in [0.717, 1.165) is 20.4 Å². The number of aryl methyl sites for hydroxylation is 2. The molecule has 3 aromatic rings. The lowest BCUT2D eigenvalue weighted by atomic mass is 9.67. The second kappa shape index (κ2) is 18.6. The Morgan fingerprint density at radius 1 is 0.500 bits per heavy atom. The van der Waals surface area contributed by atoms with Gasteiger partial charge in [0.2, 0.25) is 0 Å². The molecular weight excluding hydrogens is 518 g/mol. The third-order valence-corrected chi connectivity index (χ3v) is 6.81. The van der Waals surface area contributed by atoms with Crippen LogP contribution in [-0.2, 0) is 13.1 Å². The summed E-state index contributed by atoms with van der Waals surface area (Å²) in [5.74, 6) is -9.54. The molecule has 8 heteroatoms. The molecule has 0 saturated heterocycles. The normalized spacial score (nSPS) is 10.8. The van der Waals surface area contributed by atoms with Gasteiger partial charge in [-0.3, -0.25) is 0 Å². The van der Waals surface area contributed by atoms with Crippen LogP contribution in [0.15, 0.2) is 49.1 Å². The molecular formula is C32H43BF5N2+2. The Bertz CT molecular complexity index is 1050. The minimum atomic E-state index is -2.13. The zero-order chi connectivity index (χ0) is 29.3. The van der Waals surface area contributed by atoms with E-state index < -0.39 is 34.5 Å². The monoisotopic (exact) mass is 561 g/mol. The summed E-state index contributed by atoms with van der Waals surface area (Å²) in [6, 6.07) is 8.99. The van der Waals surface area contributed by atoms with Crippen LogP contribution in [0, 0.1) is 29.1 Å². The number of nitrogens with zero attached hydrogens (tertiary/aromatic N) is 2. The van der Waals surface area contributed by atoms with Crippen LogP contribution in [0.1, 0.15) is 85.0 Å². The third kappa shape index (κ3) is 10.7. The number of hydrogen-bond donors (Lipinski definition) is 0. The molecule has 40 heavy (non-hydrogen) atoms. The van der Waals surface area contributed by atoms with E-state index in [-0.39, 0.29) is 6.32 Å². The highest BCUT2D eigenvalue weighted by Gasteiger charge is 2.24. The van der Waals surface area contributed by atoms with Crippen molar-refractivity contribution in [2.75, 3.05) is 0 Å². The van der Waals surface area contributed by atoms with Crippen LogP contribution in [0.5, 0.6) is 0 Å². The summed E-state index contributed by atoms with van der Waals surface area (Å²) in [4.78, 5) is 0. The summed E-state index contributed by atoms with van der Waals surface area (Å²) in [6.45, 7) is 8.34. The lowest BCUT2D eigenvalue weighted by Crippen LogP contribution is -2.33. The van der Waals surface area contributed by atoms with Crippen molar-refractivity contribution >= 4 is 12.7 Å². The molecule has 0 bridgehead atoms. The molecule has 3 rings (SSSR count). The van der Waals surface area contributed by atoms with Crippen molar-refractivity contribution in [1.82, 2.24) is 0 Å². The molecule has 0 fully saturated rings. The molecule has 2 nitrogen and oxygen atoms in total. The number of rotatable bonds is 15. The van der Waals surface area contributed by atoms with Crippen molar-refractivity contribution < 1.29 is 31.1 Å². The second-order valence-corrected chi connectivity index (χ2v) is 10.1. The zero-order valence-corrected chi connectivity index (χ0v) is 24.2. The van der Waals surface area contributed by atoms with Gasteiger partial charge in [0.05, 0.1) is 0 Å². The predicted octanol–water partition coefficient (Wildman–Crippen LogP) is 8.02. The summed E-state index contributed by atoms with van der Waals surface area (Å²) < 4.78 is 67.9. The highest BCUT2D eigenvalue weighted by Crippen LogP contribution is 2.17. The molecule has 2 aromatic heterocycles. The third-order valence-electron chi connectivity index (χ3n) is 6.81. The number of pyridine rings is 2. The summed E-state index contributed by atoms with van der Waals surface area (Å²) in [5.41, 5.74) is 1.74. The first-order valence-corrected chi connectivity index (χ1v) is 14.7. The smallest absolute Gasteiger partial charge is 0.200 e. The van der Waals surface area contributed by atoms with Gasteiger partial charge in [-0.25, -0.2) is 31.1 Å². The van der Waals surface area contributed by atoms with E-state index in [0.29, 0.717) is 0 Å². The summed E-state index contributed by atoms with van der Waals surface area (Å²) >= 11 is 0. The zero-order valence-electron chi connectivity index (χ0n) is 24.2. The fourth-order valence-corrected chi connectivity index (χ4v) is 4.40. The van der Waals surface area contributed by atoms with Gasteiger partial charge in [-0.2, -0.15) is 0 Å².